The molecule has 1 aliphatic rings. The maximum absolute atomic E-state index is 12.1. The molecular weight excluding hydrogens is 534 g/mol. The number of aromatic nitrogens is 4. The van der Waals surface area contributed by atoms with Crippen LogP contribution < -0.4 is 5.32 Å². The molecule has 214 valence electrons. The van der Waals surface area contributed by atoms with Crippen LogP contribution in [0.15, 0.2) is 72.9 Å². The number of rotatable bonds is 5. The lowest BCUT2D eigenvalue weighted by Crippen LogP contribution is -2.50. The summed E-state index contributed by atoms with van der Waals surface area (Å²) in [5.74, 6) is 0. The fourth-order valence-electron chi connectivity index (χ4n) is 5.53. The number of benzene rings is 2. The zero-order valence-electron chi connectivity index (χ0n) is 23.4. The predicted molar refractivity (Wildman–Crippen MR) is 158 cm³/mol. The van der Waals surface area contributed by atoms with E-state index in [9.17, 15) is 9.59 Å². The number of carboxylic acid groups (broad SMARTS) is 1. The van der Waals surface area contributed by atoms with Gasteiger partial charge in [-0.2, -0.15) is 9.61 Å². The van der Waals surface area contributed by atoms with E-state index in [2.05, 4.69) is 62.8 Å². The molecule has 0 atom stereocenters. The molecule has 5 aromatic rings. The summed E-state index contributed by atoms with van der Waals surface area (Å²) >= 11 is 0. The van der Waals surface area contributed by atoms with Gasteiger partial charge < -0.3 is 15.3 Å². The van der Waals surface area contributed by atoms with E-state index >= 15 is 0 Å². The Morgan fingerprint density at radius 2 is 1.79 bits per heavy atom. The summed E-state index contributed by atoms with van der Waals surface area (Å²) in [5.41, 5.74) is 7.52. The SMILES string of the molecule is CNC(=O)N(OC(=O)O)C1CCN(Cc2ccc(-c3nc4c(cnc5cc(C)nn54)cc3-c3ccccc3)cc2)CC1. The van der Waals surface area contributed by atoms with Gasteiger partial charge in [-0.15, -0.1) is 5.06 Å². The van der Waals surface area contributed by atoms with Gasteiger partial charge >= 0.3 is 12.2 Å². The molecule has 1 fully saturated rings. The third kappa shape index (κ3) is 5.46. The number of carbonyl (C=O) groups excluding carboxylic acids is 1. The van der Waals surface area contributed by atoms with Crippen LogP contribution in [0.25, 0.3) is 39.1 Å². The van der Waals surface area contributed by atoms with E-state index in [0.29, 0.717) is 25.9 Å². The van der Waals surface area contributed by atoms with E-state index in [0.717, 1.165) is 61.9 Å². The number of carbonyl (C=O) groups is 2. The van der Waals surface area contributed by atoms with E-state index < -0.39 is 12.2 Å². The number of fused-ring (bicyclic) bond motifs is 3. The van der Waals surface area contributed by atoms with Crippen LogP contribution in [0.1, 0.15) is 24.1 Å². The monoisotopic (exact) mass is 565 g/mol. The van der Waals surface area contributed by atoms with Crippen molar-refractivity contribution in [2.45, 2.75) is 32.4 Å². The fourth-order valence-corrected chi connectivity index (χ4v) is 5.53. The van der Waals surface area contributed by atoms with Crippen LogP contribution in [0.5, 0.6) is 0 Å². The molecule has 0 bridgehead atoms. The van der Waals surface area contributed by atoms with Gasteiger partial charge in [-0.25, -0.2) is 19.6 Å². The normalized spacial score (nSPS) is 14.2. The van der Waals surface area contributed by atoms with Crippen LogP contribution in [-0.4, -0.2) is 73.0 Å². The number of pyridine rings is 1. The van der Waals surface area contributed by atoms with Crippen LogP contribution in [0.4, 0.5) is 9.59 Å². The van der Waals surface area contributed by atoms with Gasteiger partial charge in [0.1, 0.15) is 0 Å². The number of nitrogens with zero attached hydrogens (tertiary/aromatic N) is 6. The fraction of sp³-hybridized carbons (Fsp3) is 0.258. The van der Waals surface area contributed by atoms with E-state index in [1.54, 1.807) is 4.52 Å². The lowest BCUT2D eigenvalue weighted by atomic mass is 9.97. The molecule has 0 spiro atoms. The molecule has 1 aliphatic heterocycles. The summed E-state index contributed by atoms with van der Waals surface area (Å²) in [5, 5.41) is 17.9. The third-order valence-electron chi connectivity index (χ3n) is 7.58. The first-order valence-electron chi connectivity index (χ1n) is 13.8. The zero-order chi connectivity index (χ0) is 29.2. The summed E-state index contributed by atoms with van der Waals surface area (Å²) in [6.45, 7) is 4.10. The van der Waals surface area contributed by atoms with Crippen molar-refractivity contribution in [2.24, 2.45) is 0 Å². The highest BCUT2D eigenvalue weighted by atomic mass is 16.8. The molecule has 3 aromatic heterocycles. The average molecular weight is 566 g/mol. The molecule has 2 aromatic carbocycles. The lowest BCUT2D eigenvalue weighted by molar-refractivity contribution is -0.118. The van der Waals surface area contributed by atoms with Gasteiger partial charge in [0.05, 0.1) is 17.4 Å². The first kappa shape index (κ1) is 27.2. The Labute approximate surface area is 242 Å². The van der Waals surface area contributed by atoms with Crippen molar-refractivity contribution in [3.05, 3.63) is 84.2 Å². The molecule has 2 N–H and O–H groups in total. The highest BCUT2D eigenvalue weighted by Crippen LogP contribution is 2.34. The Balaban J connectivity index is 1.24. The van der Waals surface area contributed by atoms with Crippen LogP contribution in [0, 0.1) is 6.92 Å². The third-order valence-corrected chi connectivity index (χ3v) is 7.58. The Bertz CT molecular complexity index is 1750. The standard InChI is InChI=1S/C31H31N7O4/c1-20-16-27-33-18-24-17-26(22-6-4-3-5-7-22)28(34-29(24)37(27)35-20)23-10-8-21(9-11-23)19-36-14-12-25(13-15-36)38(30(39)32-2)42-31(40)41/h3-11,16-18,25H,12-15,19H2,1-2H3,(H,32,39)(H,40,41). The summed E-state index contributed by atoms with van der Waals surface area (Å²) in [6, 6.07) is 21.9. The van der Waals surface area contributed by atoms with Crippen molar-refractivity contribution in [2.75, 3.05) is 20.1 Å². The van der Waals surface area contributed by atoms with E-state index in [1.165, 1.54) is 7.05 Å². The van der Waals surface area contributed by atoms with Gasteiger partial charge in [-0.1, -0.05) is 54.6 Å². The molecule has 0 unspecified atom stereocenters. The maximum Gasteiger partial charge on any atom is 0.531 e. The van der Waals surface area contributed by atoms with Gasteiger partial charge in [0.25, 0.3) is 0 Å². The average Bonchev–Trinajstić information content (AvgIpc) is 3.41. The Kier molecular flexibility index (Phi) is 7.41. The molecule has 0 radical (unpaired) electrons. The van der Waals surface area contributed by atoms with Crippen molar-refractivity contribution < 1.29 is 19.5 Å². The first-order chi connectivity index (χ1) is 20.4. The van der Waals surface area contributed by atoms with Gasteiger partial charge in [0.2, 0.25) is 0 Å². The van der Waals surface area contributed by atoms with Crippen LogP contribution in [0.3, 0.4) is 0 Å². The molecule has 4 heterocycles. The number of piperidine rings is 1. The molecule has 42 heavy (non-hydrogen) atoms. The number of nitrogens with one attached hydrogen (secondary N) is 1. The minimum absolute atomic E-state index is 0.310. The van der Waals surface area contributed by atoms with Gasteiger partial charge in [0, 0.05) is 55.5 Å². The quantitative estimate of drug-likeness (QED) is 0.281. The summed E-state index contributed by atoms with van der Waals surface area (Å²) in [6.07, 6.45) is 1.56. The highest BCUT2D eigenvalue weighted by Gasteiger charge is 2.31. The minimum atomic E-state index is -1.50. The van der Waals surface area contributed by atoms with Crippen molar-refractivity contribution in [3.63, 3.8) is 0 Å². The lowest BCUT2D eigenvalue weighted by Gasteiger charge is -2.36. The molecule has 6 rings (SSSR count). The molecule has 0 aliphatic carbocycles. The van der Waals surface area contributed by atoms with Crippen molar-refractivity contribution in [1.82, 2.24) is 34.9 Å². The summed E-state index contributed by atoms with van der Waals surface area (Å²) in [7, 11) is 1.45. The number of aryl methyl sites for hydroxylation is 1. The molecular formula is C31H31N7O4. The number of hydrogen-bond acceptors (Lipinski definition) is 7. The molecule has 1 saturated heterocycles. The van der Waals surface area contributed by atoms with Gasteiger partial charge in [-0.3, -0.25) is 4.90 Å². The van der Waals surface area contributed by atoms with Crippen LogP contribution in [0.2, 0.25) is 0 Å². The summed E-state index contributed by atoms with van der Waals surface area (Å²) < 4.78 is 1.80. The zero-order valence-corrected chi connectivity index (χ0v) is 23.4. The molecule has 11 nitrogen and oxygen atoms in total. The Hall–Kier alpha value is -5.03. The first-order valence-corrected chi connectivity index (χ1v) is 13.8. The predicted octanol–water partition coefficient (Wildman–Crippen LogP) is 5.14. The van der Waals surface area contributed by atoms with Crippen molar-refractivity contribution >= 4 is 28.9 Å². The Morgan fingerprint density at radius 1 is 1.05 bits per heavy atom. The molecule has 11 heteroatoms. The van der Waals surface area contributed by atoms with Crippen molar-refractivity contribution in [3.8, 4) is 22.4 Å². The van der Waals surface area contributed by atoms with E-state index in [4.69, 9.17) is 14.9 Å². The second-order valence-corrected chi connectivity index (χ2v) is 10.4. The van der Waals surface area contributed by atoms with Crippen LogP contribution in [-0.2, 0) is 11.4 Å². The second-order valence-electron chi connectivity index (χ2n) is 10.4. The summed E-state index contributed by atoms with van der Waals surface area (Å²) in [4.78, 5) is 39.9. The van der Waals surface area contributed by atoms with E-state index in [-0.39, 0.29) is 6.04 Å². The van der Waals surface area contributed by atoms with E-state index in [1.807, 2.05) is 37.4 Å². The van der Waals surface area contributed by atoms with Gasteiger partial charge in [0.15, 0.2) is 11.3 Å². The largest absolute Gasteiger partial charge is 0.531 e. The highest BCUT2D eigenvalue weighted by molar-refractivity contribution is 5.90. The smallest absolute Gasteiger partial charge is 0.448 e. The van der Waals surface area contributed by atoms with Crippen molar-refractivity contribution in [1.29, 1.82) is 0 Å². The minimum Gasteiger partial charge on any atom is -0.448 e. The van der Waals surface area contributed by atoms with Gasteiger partial charge in [-0.05, 0) is 37.0 Å². The number of likely N-dealkylation sites (tertiary alicyclic amines) is 1. The maximum atomic E-state index is 12.1. The topological polar surface area (TPSA) is 125 Å². The number of urea groups is 1. The molecule has 0 saturated carbocycles. The molecule has 2 amide bonds. The second kappa shape index (κ2) is 11.5. The number of hydrogen-bond donors (Lipinski definition) is 2. The Morgan fingerprint density at radius 3 is 2.48 bits per heavy atom. The number of amides is 2. The number of hydroxylamine groups is 2. The van der Waals surface area contributed by atoms with Crippen LogP contribution >= 0.6 is 0 Å².